The van der Waals surface area contributed by atoms with E-state index in [9.17, 15) is 4.79 Å². The summed E-state index contributed by atoms with van der Waals surface area (Å²) in [4.78, 5) is 19.9. The number of carboxylic acids is 1. The van der Waals surface area contributed by atoms with Crippen LogP contribution in [0.25, 0.3) is 11.2 Å². The number of carboxylic acid groups (broad SMARTS) is 1. The highest BCUT2D eigenvalue weighted by Crippen LogP contribution is 2.31. The molecule has 2 aromatic rings. The minimum Gasteiger partial charge on any atom is -0.481 e. The Bertz CT molecular complexity index is 666. The highest BCUT2D eigenvalue weighted by Gasteiger charge is 2.21. The predicted molar refractivity (Wildman–Crippen MR) is 86.1 cm³/mol. The average molecular weight is 323 g/mol. The van der Waals surface area contributed by atoms with Crippen molar-refractivity contribution < 1.29 is 9.90 Å². The van der Waals surface area contributed by atoms with Crippen LogP contribution in [0.15, 0.2) is 17.4 Å². The van der Waals surface area contributed by atoms with E-state index in [1.165, 1.54) is 30.4 Å². The number of fused-ring (bicyclic) bond motifs is 1. The number of carbonyl (C=O) groups is 1. The minimum atomic E-state index is -0.821. The molecule has 1 aliphatic rings. The first-order chi connectivity index (χ1) is 10.1. The first kappa shape index (κ1) is 14.7. The number of rotatable bonds is 5. The molecule has 0 aromatic carbocycles. The molecule has 1 atom stereocenters. The molecule has 1 aliphatic heterocycles. The van der Waals surface area contributed by atoms with Crippen LogP contribution in [0.3, 0.4) is 0 Å². The molecule has 7 heteroatoms. The zero-order valence-electron chi connectivity index (χ0n) is 11.8. The van der Waals surface area contributed by atoms with Crippen LogP contribution in [-0.4, -0.2) is 42.4 Å². The molecule has 0 bridgehead atoms. The van der Waals surface area contributed by atoms with Crippen molar-refractivity contribution in [3.63, 3.8) is 0 Å². The lowest BCUT2D eigenvalue weighted by Gasteiger charge is -2.12. The molecule has 1 fully saturated rings. The second-order valence-electron chi connectivity index (χ2n) is 5.12. The fourth-order valence-corrected chi connectivity index (χ4v) is 4.49. The quantitative estimate of drug-likeness (QED) is 0.853. The molecule has 0 radical (unpaired) electrons. The number of hydrogen-bond donors (Lipinski definition) is 1. The SMILES string of the molecule is Cc1ccnc2c1nc(SCC(=O)O)n2CC1CCCS1. The third-order valence-electron chi connectivity index (χ3n) is 3.54. The third-order valence-corrected chi connectivity index (χ3v) is 5.88. The van der Waals surface area contributed by atoms with Gasteiger partial charge in [0.05, 0.1) is 5.75 Å². The maximum atomic E-state index is 10.8. The molecule has 0 aliphatic carbocycles. The van der Waals surface area contributed by atoms with Crippen molar-refractivity contribution in [1.82, 2.24) is 14.5 Å². The average Bonchev–Trinajstić information content (AvgIpc) is 3.07. The maximum absolute atomic E-state index is 10.8. The molecule has 1 N–H and O–H groups in total. The standard InChI is InChI=1S/C14H17N3O2S2/c1-9-4-5-15-13-12(9)16-14(21-8-11(18)19)17(13)7-10-3-2-6-20-10/h4-5,10H,2-3,6-8H2,1H3,(H,18,19). The van der Waals surface area contributed by atoms with Gasteiger partial charge >= 0.3 is 5.97 Å². The Morgan fingerprint density at radius 1 is 1.62 bits per heavy atom. The Morgan fingerprint density at radius 3 is 3.19 bits per heavy atom. The molecule has 1 unspecified atom stereocenters. The molecule has 5 nitrogen and oxygen atoms in total. The Kier molecular flexibility index (Phi) is 4.40. The molecule has 2 aromatic heterocycles. The van der Waals surface area contributed by atoms with E-state index < -0.39 is 5.97 Å². The molecule has 0 saturated carbocycles. The smallest absolute Gasteiger partial charge is 0.313 e. The van der Waals surface area contributed by atoms with Gasteiger partial charge in [-0.1, -0.05) is 11.8 Å². The normalized spacial score (nSPS) is 18.4. The van der Waals surface area contributed by atoms with Crippen molar-refractivity contribution in [2.24, 2.45) is 0 Å². The largest absolute Gasteiger partial charge is 0.481 e. The third kappa shape index (κ3) is 3.18. The van der Waals surface area contributed by atoms with Gasteiger partial charge in [-0.25, -0.2) is 9.97 Å². The van der Waals surface area contributed by atoms with Crippen molar-refractivity contribution in [3.05, 3.63) is 17.8 Å². The van der Waals surface area contributed by atoms with E-state index in [-0.39, 0.29) is 5.75 Å². The topological polar surface area (TPSA) is 68.0 Å². The first-order valence-electron chi connectivity index (χ1n) is 6.93. The van der Waals surface area contributed by atoms with E-state index in [1.807, 2.05) is 24.8 Å². The lowest BCUT2D eigenvalue weighted by Crippen LogP contribution is -2.12. The summed E-state index contributed by atoms with van der Waals surface area (Å²) in [6, 6.07) is 1.94. The second kappa shape index (κ2) is 6.27. The van der Waals surface area contributed by atoms with Crippen molar-refractivity contribution in [2.45, 2.75) is 36.7 Å². The number of aromatic nitrogens is 3. The Balaban J connectivity index is 1.97. The van der Waals surface area contributed by atoms with Crippen LogP contribution in [0.1, 0.15) is 18.4 Å². The van der Waals surface area contributed by atoms with E-state index in [0.717, 1.165) is 28.4 Å². The lowest BCUT2D eigenvalue weighted by atomic mass is 10.2. The minimum absolute atomic E-state index is 0.0280. The van der Waals surface area contributed by atoms with Gasteiger partial charge in [0.1, 0.15) is 5.52 Å². The summed E-state index contributed by atoms with van der Waals surface area (Å²) in [5.74, 6) is 0.417. The number of aliphatic carboxylic acids is 1. The van der Waals surface area contributed by atoms with Gasteiger partial charge in [0.15, 0.2) is 10.8 Å². The summed E-state index contributed by atoms with van der Waals surface area (Å²) in [6.07, 6.45) is 4.26. The Morgan fingerprint density at radius 2 is 2.48 bits per heavy atom. The molecular formula is C14H17N3O2S2. The second-order valence-corrected chi connectivity index (χ2v) is 7.47. The molecular weight excluding hydrogens is 306 g/mol. The number of thioether (sulfide) groups is 2. The van der Waals surface area contributed by atoms with Crippen LogP contribution >= 0.6 is 23.5 Å². The fourth-order valence-electron chi connectivity index (χ4n) is 2.51. The van der Waals surface area contributed by atoms with E-state index >= 15 is 0 Å². The number of nitrogens with zero attached hydrogens (tertiary/aromatic N) is 3. The number of pyridine rings is 1. The van der Waals surface area contributed by atoms with Gasteiger partial charge in [0.2, 0.25) is 0 Å². The van der Waals surface area contributed by atoms with E-state index in [2.05, 4.69) is 14.5 Å². The summed E-state index contributed by atoms with van der Waals surface area (Å²) < 4.78 is 2.10. The fraction of sp³-hybridized carbons (Fsp3) is 0.500. The van der Waals surface area contributed by atoms with Gasteiger partial charge < -0.3 is 9.67 Å². The van der Waals surface area contributed by atoms with Crippen LogP contribution in [0.2, 0.25) is 0 Å². The Hall–Kier alpha value is -1.21. The summed E-state index contributed by atoms with van der Waals surface area (Å²) in [5, 5.41) is 10.2. The van der Waals surface area contributed by atoms with Crippen LogP contribution in [-0.2, 0) is 11.3 Å². The molecule has 21 heavy (non-hydrogen) atoms. The van der Waals surface area contributed by atoms with Crippen molar-refractivity contribution in [2.75, 3.05) is 11.5 Å². The number of aryl methyl sites for hydroxylation is 1. The summed E-state index contributed by atoms with van der Waals surface area (Å²) in [5.41, 5.74) is 2.83. The van der Waals surface area contributed by atoms with Gasteiger partial charge in [-0.3, -0.25) is 4.79 Å². The van der Waals surface area contributed by atoms with Gasteiger partial charge in [-0.2, -0.15) is 11.8 Å². The van der Waals surface area contributed by atoms with Crippen LogP contribution < -0.4 is 0 Å². The molecule has 1 saturated heterocycles. The molecule has 3 rings (SSSR count). The van der Waals surface area contributed by atoms with Crippen molar-refractivity contribution in [1.29, 1.82) is 0 Å². The zero-order chi connectivity index (χ0) is 14.8. The van der Waals surface area contributed by atoms with Gasteiger partial charge in [0, 0.05) is 18.0 Å². The lowest BCUT2D eigenvalue weighted by molar-refractivity contribution is -0.133. The molecule has 0 spiro atoms. The maximum Gasteiger partial charge on any atom is 0.313 e. The molecule has 3 heterocycles. The highest BCUT2D eigenvalue weighted by molar-refractivity contribution is 8.00. The van der Waals surface area contributed by atoms with Gasteiger partial charge in [-0.05, 0) is 37.1 Å². The monoisotopic (exact) mass is 323 g/mol. The summed E-state index contributed by atoms with van der Waals surface area (Å²) in [6.45, 7) is 2.87. The van der Waals surface area contributed by atoms with E-state index in [0.29, 0.717) is 5.25 Å². The number of hydrogen-bond acceptors (Lipinski definition) is 5. The van der Waals surface area contributed by atoms with Gasteiger partial charge in [-0.15, -0.1) is 0 Å². The van der Waals surface area contributed by atoms with Crippen LogP contribution in [0.4, 0.5) is 0 Å². The van der Waals surface area contributed by atoms with E-state index in [4.69, 9.17) is 5.11 Å². The molecule has 112 valence electrons. The Labute approximate surface area is 131 Å². The van der Waals surface area contributed by atoms with E-state index in [1.54, 1.807) is 6.20 Å². The first-order valence-corrected chi connectivity index (χ1v) is 8.96. The van der Waals surface area contributed by atoms with Crippen molar-refractivity contribution >= 4 is 40.7 Å². The van der Waals surface area contributed by atoms with Crippen LogP contribution in [0, 0.1) is 6.92 Å². The van der Waals surface area contributed by atoms with Gasteiger partial charge in [0.25, 0.3) is 0 Å². The highest BCUT2D eigenvalue weighted by atomic mass is 32.2. The van der Waals surface area contributed by atoms with Crippen LogP contribution in [0.5, 0.6) is 0 Å². The summed E-state index contributed by atoms with van der Waals surface area (Å²) >= 11 is 3.26. The number of imidazole rings is 1. The predicted octanol–water partition coefficient (Wildman–Crippen LogP) is 2.81. The molecule has 0 amide bonds. The van der Waals surface area contributed by atoms with Crippen molar-refractivity contribution in [3.8, 4) is 0 Å². The summed E-state index contributed by atoms with van der Waals surface area (Å²) in [7, 11) is 0. The zero-order valence-corrected chi connectivity index (χ0v) is 13.4.